The Morgan fingerprint density at radius 2 is 1.70 bits per heavy atom. The highest BCUT2D eigenvalue weighted by Crippen LogP contribution is 2.14. The molecule has 3 rings (SSSR count). The molecule has 4 heteroatoms. The number of anilines is 1. The number of fused-ring (bicyclic) bond motifs is 1. The zero-order chi connectivity index (χ0) is 16.4. The number of hydrogen-bond donors (Lipinski definition) is 2. The van der Waals surface area contributed by atoms with Gasteiger partial charge in [-0.1, -0.05) is 29.3 Å². The van der Waals surface area contributed by atoms with E-state index in [1.165, 1.54) is 0 Å². The average molecular weight is 306 g/mol. The van der Waals surface area contributed by atoms with Crippen molar-refractivity contribution in [2.75, 3.05) is 5.32 Å². The number of amides is 1. The molecule has 2 N–H and O–H groups in total. The number of carbonyl (C=O) groups is 1. The molecule has 1 heterocycles. The standard InChI is InChI=1S/C19H18N2O2/c1-12-3-6-16(7-4-12)20-18(22)11-15-10-14-9-13(2)5-8-17(14)21-19(15)23/h3-10H,11H2,1-2H3,(H,20,22)(H,21,23). The molecule has 0 radical (unpaired) electrons. The third-order valence-corrected chi connectivity index (χ3v) is 3.76. The van der Waals surface area contributed by atoms with E-state index < -0.39 is 0 Å². The first-order valence-corrected chi connectivity index (χ1v) is 7.50. The smallest absolute Gasteiger partial charge is 0.252 e. The van der Waals surface area contributed by atoms with Gasteiger partial charge < -0.3 is 10.3 Å². The Kier molecular flexibility index (Phi) is 3.98. The van der Waals surface area contributed by atoms with Gasteiger partial charge >= 0.3 is 0 Å². The van der Waals surface area contributed by atoms with Crippen LogP contribution >= 0.6 is 0 Å². The van der Waals surface area contributed by atoms with Crippen molar-refractivity contribution in [1.29, 1.82) is 0 Å². The highest BCUT2D eigenvalue weighted by molar-refractivity contribution is 5.92. The van der Waals surface area contributed by atoms with Gasteiger partial charge in [-0.2, -0.15) is 0 Å². The van der Waals surface area contributed by atoms with Crippen molar-refractivity contribution in [3.63, 3.8) is 0 Å². The van der Waals surface area contributed by atoms with Gasteiger partial charge in [0.15, 0.2) is 0 Å². The summed E-state index contributed by atoms with van der Waals surface area (Å²) < 4.78 is 0. The molecule has 0 spiro atoms. The van der Waals surface area contributed by atoms with Crippen LogP contribution in [-0.2, 0) is 11.2 Å². The maximum Gasteiger partial charge on any atom is 0.252 e. The molecular formula is C19H18N2O2. The highest BCUT2D eigenvalue weighted by Gasteiger charge is 2.09. The lowest BCUT2D eigenvalue weighted by Crippen LogP contribution is -2.21. The number of H-pyrrole nitrogens is 1. The Morgan fingerprint density at radius 3 is 2.43 bits per heavy atom. The van der Waals surface area contributed by atoms with Crippen LogP contribution in [-0.4, -0.2) is 10.9 Å². The number of pyridine rings is 1. The van der Waals surface area contributed by atoms with Gasteiger partial charge in [-0.15, -0.1) is 0 Å². The monoisotopic (exact) mass is 306 g/mol. The second kappa shape index (κ2) is 6.08. The van der Waals surface area contributed by atoms with Gasteiger partial charge in [0, 0.05) is 16.8 Å². The first kappa shape index (κ1) is 15.0. The van der Waals surface area contributed by atoms with Crippen LogP contribution in [0.4, 0.5) is 5.69 Å². The summed E-state index contributed by atoms with van der Waals surface area (Å²) >= 11 is 0. The molecule has 4 nitrogen and oxygen atoms in total. The topological polar surface area (TPSA) is 62.0 Å². The van der Waals surface area contributed by atoms with Crippen molar-refractivity contribution in [3.8, 4) is 0 Å². The van der Waals surface area contributed by atoms with E-state index in [9.17, 15) is 9.59 Å². The minimum absolute atomic E-state index is 0.0487. The van der Waals surface area contributed by atoms with Crippen LogP contribution in [0.15, 0.2) is 53.3 Å². The maximum atomic E-state index is 12.2. The molecule has 1 amide bonds. The zero-order valence-electron chi connectivity index (χ0n) is 13.1. The third kappa shape index (κ3) is 3.48. The van der Waals surface area contributed by atoms with Crippen LogP contribution in [0.25, 0.3) is 10.9 Å². The van der Waals surface area contributed by atoms with Gasteiger partial charge in [0.2, 0.25) is 5.91 Å². The summed E-state index contributed by atoms with van der Waals surface area (Å²) in [5.74, 6) is -0.202. The van der Waals surface area contributed by atoms with E-state index in [-0.39, 0.29) is 17.9 Å². The Balaban J connectivity index is 1.82. The SMILES string of the molecule is Cc1ccc(NC(=O)Cc2cc3cc(C)ccc3[nH]c2=O)cc1. The molecular weight excluding hydrogens is 288 g/mol. The number of aromatic nitrogens is 1. The average Bonchev–Trinajstić information content (AvgIpc) is 2.51. The summed E-state index contributed by atoms with van der Waals surface area (Å²) in [6, 6.07) is 15.2. The van der Waals surface area contributed by atoms with Crippen molar-refractivity contribution in [2.24, 2.45) is 0 Å². The van der Waals surface area contributed by atoms with Crippen LogP contribution in [0.3, 0.4) is 0 Å². The lowest BCUT2D eigenvalue weighted by molar-refractivity contribution is -0.115. The Bertz CT molecular complexity index is 924. The molecule has 116 valence electrons. The Hall–Kier alpha value is -2.88. The fraction of sp³-hybridized carbons (Fsp3) is 0.158. The van der Waals surface area contributed by atoms with Crippen LogP contribution in [0, 0.1) is 13.8 Å². The molecule has 0 aliphatic carbocycles. The quantitative estimate of drug-likeness (QED) is 0.779. The number of aromatic amines is 1. The zero-order valence-corrected chi connectivity index (χ0v) is 13.1. The second-order valence-corrected chi connectivity index (χ2v) is 5.81. The van der Waals surface area contributed by atoms with Crippen molar-refractivity contribution >= 4 is 22.5 Å². The fourth-order valence-corrected chi connectivity index (χ4v) is 2.52. The molecule has 0 saturated heterocycles. The van der Waals surface area contributed by atoms with Gasteiger partial charge in [-0.25, -0.2) is 0 Å². The minimum atomic E-state index is -0.222. The first-order valence-electron chi connectivity index (χ1n) is 7.50. The van der Waals surface area contributed by atoms with Crippen molar-refractivity contribution in [3.05, 3.63) is 75.6 Å². The number of carbonyl (C=O) groups excluding carboxylic acids is 1. The molecule has 0 atom stereocenters. The molecule has 0 aliphatic rings. The molecule has 0 unspecified atom stereocenters. The van der Waals surface area contributed by atoms with Crippen LogP contribution in [0.2, 0.25) is 0 Å². The molecule has 0 aliphatic heterocycles. The van der Waals surface area contributed by atoms with E-state index >= 15 is 0 Å². The first-order chi connectivity index (χ1) is 11.0. The summed E-state index contributed by atoms with van der Waals surface area (Å²) in [5, 5.41) is 3.75. The normalized spacial score (nSPS) is 10.7. The van der Waals surface area contributed by atoms with E-state index in [1.807, 2.05) is 56.3 Å². The van der Waals surface area contributed by atoms with Crippen LogP contribution < -0.4 is 10.9 Å². The molecule has 23 heavy (non-hydrogen) atoms. The van der Waals surface area contributed by atoms with Gasteiger partial charge in [0.05, 0.1) is 6.42 Å². The lowest BCUT2D eigenvalue weighted by atomic mass is 10.1. The highest BCUT2D eigenvalue weighted by atomic mass is 16.2. The molecule has 0 fully saturated rings. The minimum Gasteiger partial charge on any atom is -0.326 e. The number of nitrogens with one attached hydrogen (secondary N) is 2. The Labute approximate surface area is 134 Å². The van der Waals surface area contributed by atoms with Crippen LogP contribution in [0.1, 0.15) is 16.7 Å². The molecule has 2 aromatic carbocycles. The largest absolute Gasteiger partial charge is 0.326 e. The molecule has 0 saturated carbocycles. The van der Waals surface area contributed by atoms with Gasteiger partial charge in [0.1, 0.15) is 0 Å². The van der Waals surface area contributed by atoms with E-state index in [1.54, 1.807) is 6.07 Å². The van der Waals surface area contributed by atoms with E-state index in [4.69, 9.17) is 0 Å². The molecule has 1 aromatic heterocycles. The summed E-state index contributed by atoms with van der Waals surface area (Å²) in [6.07, 6.45) is 0.0487. The maximum absolute atomic E-state index is 12.2. The predicted molar refractivity (Wildman–Crippen MR) is 92.8 cm³/mol. The number of aryl methyl sites for hydroxylation is 2. The van der Waals surface area contributed by atoms with Gasteiger partial charge in [0.25, 0.3) is 5.56 Å². The van der Waals surface area contributed by atoms with Crippen LogP contribution in [0.5, 0.6) is 0 Å². The Morgan fingerprint density at radius 1 is 1.00 bits per heavy atom. The molecule has 0 bridgehead atoms. The number of hydrogen-bond acceptors (Lipinski definition) is 2. The number of rotatable bonds is 3. The van der Waals surface area contributed by atoms with Gasteiger partial charge in [-0.05, 0) is 49.6 Å². The predicted octanol–water partition coefficient (Wildman–Crippen LogP) is 3.33. The van der Waals surface area contributed by atoms with Gasteiger partial charge in [-0.3, -0.25) is 9.59 Å². The number of benzene rings is 2. The second-order valence-electron chi connectivity index (χ2n) is 5.81. The lowest BCUT2D eigenvalue weighted by Gasteiger charge is -2.07. The fourth-order valence-electron chi connectivity index (χ4n) is 2.52. The van der Waals surface area contributed by atoms with E-state index in [2.05, 4.69) is 10.3 Å². The summed E-state index contributed by atoms with van der Waals surface area (Å²) in [5.41, 5.74) is 3.99. The summed E-state index contributed by atoms with van der Waals surface area (Å²) in [4.78, 5) is 27.1. The summed E-state index contributed by atoms with van der Waals surface area (Å²) in [7, 11) is 0. The molecule has 3 aromatic rings. The van der Waals surface area contributed by atoms with Crippen molar-refractivity contribution in [1.82, 2.24) is 4.98 Å². The van der Waals surface area contributed by atoms with Crippen molar-refractivity contribution < 1.29 is 4.79 Å². The van der Waals surface area contributed by atoms with Crippen molar-refractivity contribution in [2.45, 2.75) is 20.3 Å². The van der Waals surface area contributed by atoms with E-state index in [0.717, 1.165) is 27.7 Å². The summed E-state index contributed by atoms with van der Waals surface area (Å²) in [6.45, 7) is 3.98. The van der Waals surface area contributed by atoms with E-state index in [0.29, 0.717) is 5.56 Å². The third-order valence-electron chi connectivity index (χ3n) is 3.76.